The van der Waals surface area contributed by atoms with Crippen LogP contribution in [0.25, 0.3) is 0 Å². The highest BCUT2D eigenvalue weighted by atomic mass is 35.5. The van der Waals surface area contributed by atoms with E-state index in [9.17, 15) is 0 Å². The van der Waals surface area contributed by atoms with E-state index in [1.165, 1.54) is 5.56 Å². The van der Waals surface area contributed by atoms with Crippen molar-refractivity contribution in [3.8, 4) is 0 Å². The van der Waals surface area contributed by atoms with Gasteiger partial charge in [0.25, 0.3) is 0 Å². The number of benzene rings is 1. The summed E-state index contributed by atoms with van der Waals surface area (Å²) >= 11 is 6.06. The van der Waals surface area contributed by atoms with E-state index in [2.05, 4.69) is 30.1 Å². The molecule has 2 N–H and O–H groups in total. The Hall–Kier alpha value is -0.610. The molecule has 0 radical (unpaired) electrons. The molecule has 1 unspecified atom stereocenters. The predicted octanol–water partition coefficient (Wildman–Crippen LogP) is 3.08. The van der Waals surface area contributed by atoms with E-state index in [4.69, 9.17) is 16.7 Å². The van der Waals surface area contributed by atoms with Gasteiger partial charge in [-0.05, 0) is 51.4 Å². The average molecular weight is 299 g/mol. The molecule has 0 amide bonds. The first-order chi connectivity index (χ1) is 9.58. The zero-order chi connectivity index (χ0) is 15.0. The van der Waals surface area contributed by atoms with Gasteiger partial charge < -0.3 is 15.3 Å². The lowest BCUT2D eigenvalue weighted by Gasteiger charge is -2.28. The minimum atomic E-state index is 0.257. The topological polar surface area (TPSA) is 35.5 Å². The van der Waals surface area contributed by atoms with Crippen molar-refractivity contribution in [2.45, 2.75) is 38.8 Å². The molecule has 1 aromatic rings. The number of aliphatic hydroxyl groups excluding tert-OH is 1. The molecule has 0 aromatic heterocycles. The molecule has 114 valence electrons. The fraction of sp³-hybridized carbons (Fsp3) is 0.625. The highest BCUT2D eigenvalue weighted by Crippen LogP contribution is 2.21. The predicted molar refractivity (Wildman–Crippen MR) is 86.3 cm³/mol. The van der Waals surface area contributed by atoms with E-state index in [1.54, 1.807) is 0 Å². The molecule has 0 saturated carbocycles. The summed E-state index contributed by atoms with van der Waals surface area (Å²) in [5, 5.41) is 13.1. The zero-order valence-corrected chi connectivity index (χ0v) is 13.5. The summed E-state index contributed by atoms with van der Waals surface area (Å²) in [6.45, 7) is 6.61. The van der Waals surface area contributed by atoms with Gasteiger partial charge in [-0.25, -0.2) is 0 Å². The summed E-state index contributed by atoms with van der Waals surface area (Å²) in [5.41, 5.74) is 1.23. The summed E-state index contributed by atoms with van der Waals surface area (Å²) in [4.78, 5) is 2.41. The maximum Gasteiger partial charge on any atom is 0.0443 e. The van der Waals surface area contributed by atoms with Crippen LogP contribution in [-0.2, 0) is 0 Å². The van der Waals surface area contributed by atoms with Gasteiger partial charge in [0, 0.05) is 36.8 Å². The molecule has 3 nitrogen and oxygen atoms in total. The first-order valence-electron chi connectivity index (χ1n) is 7.36. The van der Waals surface area contributed by atoms with Crippen molar-refractivity contribution < 1.29 is 5.11 Å². The Morgan fingerprint density at radius 1 is 1.30 bits per heavy atom. The van der Waals surface area contributed by atoms with Crippen molar-refractivity contribution in [2.24, 2.45) is 0 Å². The van der Waals surface area contributed by atoms with E-state index in [0.29, 0.717) is 12.1 Å². The van der Waals surface area contributed by atoms with Crippen LogP contribution in [-0.4, -0.2) is 42.8 Å². The third-order valence-electron chi connectivity index (χ3n) is 3.64. The lowest BCUT2D eigenvalue weighted by molar-refractivity contribution is 0.184. The number of aliphatic hydroxyl groups is 1. The van der Waals surface area contributed by atoms with Gasteiger partial charge in [-0.2, -0.15) is 0 Å². The zero-order valence-electron chi connectivity index (χ0n) is 12.8. The van der Waals surface area contributed by atoms with E-state index in [-0.39, 0.29) is 6.61 Å². The van der Waals surface area contributed by atoms with Crippen molar-refractivity contribution in [2.75, 3.05) is 26.7 Å². The van der Waals surface area contributed by atoms with Crippen molar-refractivity contribution in [3.05, 3.63) is 34.9 Å². The van der Waals surface area contributed by atoms with Crippen LogP contribution in [0.2, 0.25) is 5.02 Å². The molecule has 1 aromatic carbocycles. The quantitative estimate of drug-likeness (QED) is 0.735. The number of nitrogens with zero attached hydrogens (tertiary/aromatic N) is 1. The summed E-state index contributed by atoms with van der Waals surface area (Å²) < 4.78 is 0. The van der Waals surface area contributed by atoms with Crippen LogP contribution in [0.3, 0.4) is 0 Å². The van der Waals surface area contributed by atoms with Crippen LogP contribution in [0.15, 0.2) is 24.3 Å². The van der Waals surface area contributed by atoms with Gasteiger partial charge in [-0.1, -0.05) is 23.7 Å². The smallest absolute Gasteiger partial charge is 0.0443 e. The molecule has 4 heteroatoms. The molecule has 0 fully saturated rings. The number of hydrogen-bond donors (Lipinski definition) is 2. The Morgan fingerprint density at radius 2 is 2.05 bits per heavy atom. The Bertz CT molecular complexity index is 384. The standard InChI is InChI=1S/C16H27ClN2O/c1-13(2)19(9-5-11-20)10-8-16(18-3)14-6-4-7-15(17)12-14/h4,6-7,12-13,16,18,20H,5,8-11H2,1-3H3. The fourth-order valence-corrected chi connectivity index (χ4v) is 2.60. The number of nitrogens with one attached hydrogen (secondary N) is 1. The minimum Gasteiger partial charge on any atom is -0.396 e. The van der Waals surface area contributed by atoms with Crippen molar-refractivity contribution >= 4 is 11.6 Å². The number of rotatable bonds is 9. The van der Waals surface area contributed by atoms with Gasteiger partial charge in [0.15, 0.2) is 0 Å². The Labute approximate surface area is 127 Å². The summed E-state index contributed by atoms with van der Waals surface area (Å²) in [7, 11) is 1.99. The SMILES string of the molecule is CNC(CCN(CCCO)C(C)C)c1cccc(Cl)c1. The van der Waals surface area contributed by atoms with Crippen LogP contribution >= 0.6 is 11.6 Å². The molecule has 0 saturated heterocycles. The summed E-state index contributed by atoms with van der Waals surface area (Å²) in [6, 6.07) is 8.84. The second kappa shape index (κ2) is 9.35. The third-order valence-corrected chi connectivity index (χ3v) is 3.87. The summed E-state index contributed by atoms with van der Waals surface area (Å²) in [6.07, 6.45) is 1.86. The van der Waals surface area contributed by atoms with Crippen LogP contribution < -0.4 is 5.32 Å². The second-order valence-corrected chi connectivity index (χ2v) is 5.83. The lowest BCUT2D eigenvalue weighted by Crippen LogP contribution is -2.35. The van der Waals surface area contributed by atoms with Gasteiger partial charge in [-0.15, -0.1) is 0 Å². The highest BCUT2D eigenvalue weighted by molar-refractivity contribution is 6.30. The maximum atomic E-state index is 8.98. The van der Waals surface area contributed by atoms with Crippen molar-refractivity contribution in [3.63, 3.8) is 0 Å². The molecule has 0 aliphatic rings. The lowest BCUT2D eigenvalue weighted by atomic mass is 10.0. The third kappa shape index (κ3) is 5.80. The average Bonchev–Trinajstić information content (AvgIpc) is 2.42. The number of hydrogen-bond acceptors (Lipinski definition) is 3. The molecule has 0 spiro atoms. The highest BCUT2D eigenvalue weighted by Gasteiger charge is 2.14. The van der Waals surface area contributed by atoms with Crippen molar-refractivity contribution in [1.82, 2.24) is 10.2 Å². The van der Waals surface area contributed by atoms with Crippen LogP contribution in [0.1, 0.15) is 38.3 Å². The van der Waals surface area contributed by atoms with E-state index >= 15 is 0 Å². The van der Waals surface area contributed by atoms with Crippen LogP contribution in [0, 0.1) is 0 Å². The van der Waals surface area contributed by atoms with E-state index < -0.39 is 0 Å². The van der Waals surface area contributed by atoms with Gasteiger partial charge in [0.1, 0.15) is 0 Å². The first-order valence-corrected chi connectivity index (χ1v) is 7.74. The van der Waals surface area contributed by atoms with Gasteiger partial charge in [0.2, 0.25) is 0 Å². The fourth-order valence-electron chi connectivity index (χ4n) is 2.40. The van der Waals surface area contributed by atoms with Crippen LogP contribution in [0.5, 0.6) is 0 Å². The molecular formula is C16H27ClN2O. The molecule has 0 aliphatic carbocycles. The van der Waals surface area contributed by atoms with E-state index in [0.717, 1.165) is 31.0 Å². The summed E-state index contributed by atoms with van der Waals surface area (Å²) in [5.74, 6) is 0. The van der Waals surface area contributed by atoms with Gasteiger partial charge >= 0.3 is 0 Å². The molecule has 20 heavy (non-hydrogen) atoms. The molecule has 1 atom stereocenters. The molecule has 0 heterocycles. The monoisotopic (exact) mass is 298 g/mol. The van der Waals surface area contributed by atoms with E-state index in [1.807, 2.05) is 25.2 Å². The second-order valence-electron chi connectivity index (χ2n) is 5.39. The number of halogens is 1. The molecule has 0 aliphatic heterocycles. The molecular weight excluding hydrogens is 272 g/mol. The first kappa shape index (κ1) is 17.4. The largest absolute Gasteiger partial charge is 0.396 e. The maximum absolute atomic E-state index is 8.98. The van der Waals surface area contributed by atoms with Crippen molar-refractivity contribution in [1.29, 1.82) is 0 Å². The molecule has 1 rings (SSSR count). The van der Waals surface area contributed by atoms with Gasteiger partial charge in [0.05, 0.1) is 0 Å². The Kier molecular flexibility index (Phi) is 8.15. The van der Waals surface area contributed by atoms with Crippen LogP contribution in [0.4, 0.5) is 0 Å². The minimum absolute atomic E-state index is 0.257. The Morgan fingerprint density at radius 3 is 2.60 bits per heavy atom. The normalized spacial score (nSPS) is 13.2. The molecule has 0 bridgehead atoms. The Balaban J connectivity index is 2.59. The van der Waals surface area contributed by atoms with Gasteiger partial charge in [-0.3, -0.25) is 0 Å².